The number of likely N-dealkylation sites (N-methyl/N-ethyl adjacent to an activating group) is 2. The van der Waals surface area contributed by atoms with E-state index in [1.165, 1.54) is 18.7 Å². The average Bonchev–Trinajstić information content (AvgIpc) is 4.30. The van der Waals surface area contributed by atoms with Crippen LogP contribution in [0.3, 0.4) is 0 Å². The first kappa shape index (κ1) is 62.6. The van der Waals surface area contributed by atoms with Gasteiger partial charge in [0.05, 0.1) is 35.7 Å². The SMILES string of the molecule is C=C(C(=O)N1CCCC(n2nc(C(=O)Nc3ccc(CC(=O)N(C)C)c(C)c3C)c3c(N)ncnc32)C1)C(C)C.C=CC(=O)N1CC(n2nc(C(=O)Nc3ccc(CC(=O)N(C)C)c(C)c3C)c3c(N)ncnc32)CCC1C(C)C.CC. The zero-order chi connectivity index (χ0) is 60.6. The number of fused-ring (bicyclic) bond motifs is 2. The van der Waals surface area contributed by atoms with Crippen LogP contribution < -0.4 is 22.1 Å². The largest absolute Gasteiger partial charge is 0.383 e. The molecule has 3 atom stereocenters. The highest BCUT2D eigenvalue weighted by atomic mass is 16.2. The maximum atomic E-state index is 13.6. The third kappa shape index (κ3) is 13.4. The molecule has 4 aromatic heterocycles. The van der Waals surface area contributed by atoms with E-state index < -0.39 is 11.8 Å². The number of nitrogens with zero attached hydrogens (tertiary/aromatic N) is 12. The zero-order valence-electron chi connectivity index (χ0n) is 50.2. The van der Waals surface area contributed by atoms with E-state index in [1.54, 1.807) is 64.4 Å². The van der Waals surface area contributed by atoms with Gasteiger partial charge in [0.15, 0.2) is 22.7 Å². The van der Waals surface area contributed by atoms with Crippen molar-refractivity contribution >= 4 is 80.5 Å². The first-order valence-electron chi connectivity index (χ1n) is 27.9. The van der Waals surface area contributed by atoms with E-state index in [9.17, 15) is 28.8 Å². The van der Waals surface area contributed by atoms with E-state index >= 15 is 0 Å². The topological polar surface area (TPSA) is 279 Å². The first-order chi connectivity index (χ1) is 38.8. The van der Waals surface area contributed by atoms with E-state index in [4.69, 9.17) is 16.6 Å². The zero-order valence-corrected chi connectivity index (χ0v) is 50.2. The molecule has 438 valence electrons. The van der Waals surface area contributed by atoms with Gasteiger partial charge in [0, 0.05) is 70.8 Å². The highest BCUT2D eigenvalue weighted by molar-refractivity contribution is 6.14. The highest BCUT2D eigenvalue weighted by Crippen LogP contribution is 2.35. The summed E-state index contributed by atoms with van der Waals surface area (Å²) in [5.74, 6) is -0.426. The van der Waals surface area contributed by atoms with Gasteiger partial charge in [-0.3, -0.25) is 28.8 Å². The number of amides is 6. The highest BCUT2D eigenvalue weighted by Gasteiger charge is 2.36. The maximum Gasteiger partial charge on any atom is 0.277 e. The number of rotatable bonds is 14. The number of nitrogens with one attached hydrogen (secondary N) is 2. The number of hydrogen-bond donors (Lipinski definition) is 4. The Labute approximate surface area is 480 Å². The van der Waals surface area contributed by atoms with Crippen LogP contribution in [-0.4, -0.2) is 148 Å². The van der Waals surface area contributed by atoms with Crippen LogP contribution in [0.15, 0.2) is 61.7 Å². The van der Waals surface area contributed by atoms with Crippen molar-refractivity contribution < 1.29 is 28.8 Å². The van der Waals surface area contributed by atoms with Crippen molar-refractivity contribution in [1.82, 2.24) is 59.1 Å². The van der Waals surface area contributed by atoms with Crippen molar-refractivity contribution in [3.8, 4) is 0 Å². The summed E-state index contributed by atoms with van der Waals surface area (Å²) in [6.07, 6.45) is 7.70. The molecular formula is C60H82N16O6. The van der Waals surface area contributed by atoms with Crippen LogP contribution in [0.1, 0.15) is 134 Å². The summed E-state index contributed by atoms with van der Waals surface area (Å²) in [6.45, 7) is 28.9. The van der Waals surface area contributed by atoms with Gasteiger partial charge in [-0.1, -0.05) is 66.8 Å². The third-order valence-electron chi connectivity index (χ3n) is 15.6. The molecular weight excluding hydrogens is 1040 g/mol. The number of carbonyl (C=O) groups excluding carboxylic acids is 6. The van der Waals surface area contributed by atoms with Gasteiger partial charge < -0.3 is 41.7 Å². The Balaban J connectivity index is 0.000000256. The minimum absolute atomic E-state index is 0.00236. The average molecular weight is 1120 g/mol. The molecule has 3 unspecified atom stereocenters. The molecule has 2 aliphatic rings. The van der Waals surface area contributed by atoms with Gasteiger partial charge in [0.2, 0.25) is 23.6 Å². The Morgan fingerprint density at radius 1 is 0.671 bits per heavy atom. The van der Waals surface area contributed by atoms with Gasteiger partial charge in [0.25, 0.3) is 11.8 Å². The van der Waals surface area contributed by atoms with Crippen molar-refractivity contribution in [3.63, 3.8) is 0 Å². The summed E-state index contributed by atoms with van der Waals surface area (Å²) in [5, 5.41) is 16.1. The number of nitrogen functional groups attached to an aromatic ring is 2. The number of likely N-dealkylation sites (tertiary alicyclic amines) is 2. The summed E-state index contributed by atoms with van der Waals surface area (Å²) in [7, 11) is 6.90. The van der Waals surface area contributed by atoms with Crippen LogP contribution >= 0.6 is 0 Å². The van der Waals surface area contributed by atoms with Crippen LogP contribution in [-0.2, 0) is 32.0 Å². The molecule has 2 aliphatic heterocycles. The van der Waals surface area contributed by atoms with Crippen molar-refractivity contribution in [2.45, 2.75) is 126 Å². The molecule has 82 heavy (non-hydrogen) atoms. The number of anilines is 4. The fourth-order valence-electron chi connectivity index (χ4n) is 10.3. The summed E-state index contributed by atoms with van der Waals surface area (Å²) >= 11 is 0. The summed E-state index contributed by atoms with van der Waals surface area (Å²) in [4.78, 5) is 101. The number of nitrogens with two attached hydrogens (primary N) is 2. The Hall–Kier alpha value is -8.56. The van der Waals surface area contributed by atoms with Crippen molar-refractivity contribution in [1.29, 1.82) is 0 Å². The lowest BCUT2D eigenvalue weighted by Gasteiger charge is -2.41. The van der Waals surface area contributed by atoms with E-state index in [0.29, 0.717) is 58.6 Å². The Kier molecular flexibility index (Phi) is 20.5. The van der Waals surface area contributed by atoms with Crippen molar-refractivity contribution in [2.75, 3.05) is 69.9 Å². The van der Waals surface area contributed by atoms with Crippen LogP contribution in [0.5, 0.6) is 0 Å². The Bertz CT molecular complexity index is 3410. The van der Waals surface area contributed by atoms with E-state index in [-0.39, 0.29) is 89.5 Å². The van der Waals surface area contributed by atoms with Crippen LogP contribution in [0.2, 0.25) is 0 Å². The Morgan fingerprint density at radius 2 is 1.12 bits per heavy atom. The quantitative estimate of drug-likeness (QED) is 0.0765. The molecule has 6 amide bonds. The molecule has 8 rings (SSSR count). The van der Waals surface area contributed by atoms with Gasteiger partial charge in [-0.05, 0) is 117 Å². The van der Waals surface area contributed by atoms with Gasteiger partial charge in [-0.25, -0.2) is 29.3 Å². The molecule has 0 aliphatic carbocycles. The lowest BCUT2D eigenvalue weighted by Crippen LogP contribution is -2.49. The number of hydrogen-bond acceptors (Lipinski definition) is 14. The second-order valence-corrected chi connectivity index (χ2v) is 21.8. The van der Waals surface area contributed by atoms with E-state index in [0.717, 1.165) is 59.1 Å². The molecule has 6 aromatic rings. The Morgan fingerprint density at radius 3 is 1.54 bits per heavy atom. The first-order valence-corrected chi connectivity index (χ1v) is 27.9. The fourth-order valence-corrected chi connectivity index (χ4v) is 10.3. The second-order valence-electron chi connectivity index (χ2n) is 21.8. The molecule has 2 saturated heterocycles. The fraction of sp³-hybridized carbons (Fsp3) is 0.467. The van der Waals surface area contributed by atoms with Crippen LogP contribution in [0.25, 0.3) is 22.1 Å². The summed E-state index contributed by atoms with van der Waals surface area (Å²) in [6, 6.07) is 7.00. The predicted molar refractivity (Wildman–Crippen MR) is 321 cm³/mol. The second kappa shape index (κ2) is 26.8. The van der Waals surface area contributed by atoms with Crippen molar-refractivity contribution in [3.05, 3.63) is 106 Å². The van der Waals surface area contributed by atoms with Gasteiger partial charge >= 0.3 is 0 Å². The standard InChI is InChI=1S/2C29H38N8O3.C2H6/c1-16(2)17(3)29(40)36-12-8-9-21(14-36)37-27-24(26(30)31-15-32-27)25(34-37)28(39)33-22-11-10-20(18(4)19(22)5)13-23(38)35(6)7;1-8-23(38)36-14-20(10-12-22(36)16(2)3)37-28-25(27(30)31-15-32-28)26(34-37)29(40)33-21-11-9-19(17(4)18(21)5)13-24(39)35(6)7;1-2/h10-11,15-16,21H,3,8-9,12-14H2,1-2,4-7H3,(H,33,39)(H2,30,31,32);8-9,11,15-16,20,22H,1,10,12-14H2,2-7H3,(H,33,40)(H2,30,31,32);1-2H3. The number of benzene rings is 2. The summed E-state index contributed by atoms with van der Waals surface area (Å²) < 4.78 is 3.41. The van der Waals surface area contributed by atoms with E-state index in [2.05, 4.69) is 62.7 Å². The monoisotopic (exact) mass is 1120 g/mol. The number of carbonyl (C=O) groups is 6. The molecule has 0 radical (unpaired) electrons. The molecule has 0 saturated carbocycles. The molecule has 22 nitrogen and oxygen atoms in total. The lowest BCUT2D eigenvalue weighted by molar-refractivity contribution is -0.132. The molecule has 2 fully saturated rings. The molecule has 6 heterocycles. The van der Waals surface area contributed by atoms with E-state index in [1.807, 2.05) is 72.4 Å². The normalized spacial score (nSPS) is 16.0. The van der Waals surface area contributed by atoms with Crippen LogP contribution in [0.4, 0.5) is 23.0 Å². The predicted octanol–water partition coefficient (Wildman–Crippen LogP) is 7.59. The minimum atomic E-state index is -0.445. The lowest BCUT2D eigenvalue weighted by atomic mass is 9.90. The molecule has 6 N–H and O–H groups in total. The molecule has 2 aromatic carbocycles. The van der Waals surface area contributed by atoms with Crippen molar-refractivity contribution in [2.24, 2.45) is 11.8 Å². The summed E-state index contributed by atoms with van der Waals surface area (Å²) in [5.41, 5.74) is 20.8. The molecule has 0 bridgehead atoms. The number of aromatic nitrogens is 8. The molecule has 0 spiro atoms. The van der Waals surface area contributed by atoms with Gasteiger partial charge in [-0.2, -0.15) is 10.2 Å². The maximum absolute atomic E-state index is 13.6. The smallest absolute Gasteiger partial charge is 0.277 e. The minimum Gasteiger partial charge on any atom is -0.383 e. The number of piperidine rings is 2. The van der Waals surface area contributed by atoms with Gasteiger partial charge in [0.1, 0.15) is 24.3 Å². The third-order valence-corrected chi connectivity index (χ3v) is 15.6. The van der Waals surface area contributed by atoms with Crippen LogP contribution in [0, 0.1) is 39.5 Å². The molecule has 22 heteroatoms. The van der Waals surface area contributed by atoms with Gasteiger partial charge in [-0.15, -0.1) is 0 Å².